The second kappa shape index (κ2) is 8.29. The molecule has 2 aromatic rings. The fraction of sp³-hybridized carbons (Fsp3) is 0.381. The van der Waals surface area contributed by atoms with Crippen molar-refractivity contribution < 1.29 is 0 Å². The summed E-state index contributed by atoms with van der Waals surface area (Å²) in [5, 5.41) is 7.69. The fourth-order valence-corrected chi connectivity index (χ4v) is 3.73. The van der Waals surface area contributed by atoms with Crippen LogP contribution in [0.15, 0.2) is 54.6 Å². The number of hydrogen-bond acceptors (Lipinski definition) is 1. The van der Waals surface area contributed by atoms with Crippen molar-refractivity contribution in [3.05, 3.63) is 65.7 Å². The summed E-state index contributed by atoms with van der Waals surface area (Å²) in [4.78, 5) is 0. The van der Waals surface area contributed by atoms with Crippen LogP contribution in [-0.2, 0) is 6.42 Å². The number of rotatable bonds is 4. The molecule has 0 amide bonds. The van der Waals surface area contributed by atoms with Crippen molar-refractivity contribution in [2.45, 2.75) is 45.1 Å². The molecule has 2 N–H and O–H groups in total. The zero-order valence-corrected chi connectivity index (χ0v) is 15.1. The van der Waals surface area contributed by atoms with Gasteiger partial charge in [-0.3, -0.25) is 0 Å². The van der Waals surface area contributed by atoms with E-state index in [2.05, 4.69) is 72.2 Å². The molecule has 0 bridgehead atoms. The third kappa shape index (κ3) is 4.57. The van der Waals surface area contributed by atoms with Gasteiger partial charge in [-0.15, -0.1) is 0 Å². The molecule has 1 fully saturated rings. The lowest BCUT2D eigenvalue weighted by Crippen LogP contribution is -2.43. The number of benzene rings is 2. The van der Waals surface area contributed by atoms with Crippen LogP contribution in [0.25, 0.3) is 0 Å². The smallest absolute Gasteiger partial charge is 0.171 e. The van der Waals surface area contributed by atoms with Crippen LogP contribution in [0.4, 0.5) is 5.69 Å². The summed E-state index contributed by atoms with van der Waals surface area (Å²) in [6.07, 6.45) is 6.07. The molecule has 2 atom stereocenters. The molecular formula is C21H26N2S. The molecule has 0 radical (unpaired) electrons. The highest BCUT2D eigenvalue weighted by atomic mass is 32.1. The molecule has 1 aliphatic carbocycles. The molecule has 0 spiro atoms. The van der Waals surface area contributed by atoms with Gasteiger partial charge in [-0.25, -0.2) is 0 Å². The van der Waals surface area contributed by atoms with Crippen LogP contribution in [-0.4, -0.2) is 11.2 Å². The Kier molecular flexibility index (Phi) is 5.86. The van der Waals surface area contributed by atoms with Gasteiger partial charge in [-0.05, 0) is 54.6 Å². The third-order valence-corrected chi connectivity index (χ3v) is 5.15. The largest absolute Gasteiger partial charge is 0.359 e. The molecule has 0 heterocycles. The molecule has 126 valence electrons. The minimum absolute atomic E-state index is 0.500. The molecule has 0 saturated heterocycles. The Balaban J connectivity index is 1.65. The van der Waals surface area contributed by atoms with Gasteiger partial charge < -0.3 is 10.6 Å². The number of para-hydroxylation sites is 1. The monoisotopic (exact) mass is 338 g/mol. The number of nitrogens with one attached hydrogen (secondary N) is 2. The van der Waals surface area contributed by atoms with Crippen LogP contribution in [0.1, 0.15) is 43.7 Å². The average Bonchev–Trinajstić information content (AvgIpc) is 2.60. The minimum atomic E-state index is 0.500. The Hall–Kier alpha value is -1.87. The minimum Gasteiger partial charge on any atom is -0.359 e. The van der Waals surface area contributed by atoms with Crippen molar-refractivity contribution in [1.29, 1.82) is 0 Å². The van der Waals surface area contributed by atoms with E-state index in [1.807, 2.05) is 0 Å². The van der Waals surface area contributed by atoms with E-state index in [0.29, 0.717) is 12.0 Å². The molecule has 3 heteroatoms. The van der Waals surface area contributed by atoms with Crippen molar-refractivity contribution in [2.24, 2.45) is 5.92 Å². The van der Waals surface area contributed by atoms with E-state index in [-0.39, 0.29) is 0 Å². The molecule has 2 aromatic carbocycles. The van der Waals surface area contributed by atoms with Crippen molar-refractivity contribution in [2.75, 3.05) is 5.32 Å². The topological polar surface area (TPSA) is 24.1 Å². The SMILES string of the molecule is C[C@@H]1CCCC[C@@H]1NC(=S)Nc1ccccc1Cc1ccccc1. The van der Waals surface area contributed by atoms with Gasteiger partial charge in [0.15, 0.2) is 5.11 Å². The molecule has 0 aromatic heterocycles. The van der Waals surface area contributed by atoms with Crippen LogP contribution < -0.4 is 10.6 Å². The zero-order valence-electron chi connectivity index (χ0n) is 14.3. The van der Waals surface area contributed by atoms with Crippen molar-refractivity contribution in [3.8, 4) is 0 Å². The Morgan fingerprint density at radius 3 is 2.50 bits per heavy atom. The zero-order chi connectivity index (χ0) is 16.8. The van der Waals surface area contributed by atoms with Gasteiger partial charge in [-0.1, -0.05) is 68.3 Å². The standard InChI is InChI=1S/C21H26N2S/c1-16-9-5-7-13-19(16)22-21(24)23-20-14-8-6-12-18(20)15-17-10-3-2-4-11-17/h2-4,6,8,10-12,14,16,19H,5,7,9,13,15H2,1H3,(H2,22,23,24)/t16-,19+/m1/s1. The highest BCUT2D eigenvalue weighted by molar-refractivity contribution is 7.80. The fourth-order valence-electron chi connectivity index (χ4n) is 3.47. The molecule has 1 aliphatic rings. The molecule has 0 aliphatic heterocycles. The maximum absolute atomic E-state index is 5.57. The predicted octanol–water partition coefficient (Wildman–Crippen LogP) is 5.14. The number of hydrogen-bond donors (Lipinski definition) is 2. The van der Waals surface area contributed by atoms with Crippen LogP contribution in [0.5, 0.6) is 0 Å². The van der Waals surface area contributed by atoms with Crippen LogP contribution >= 0.6 is 12.2 Å². The van der Waals surface area contributed by atoms with Crippen molar-refractivity contribution >= 4 is 23.0 Å². The first-order valence-corrected chi connectivity index (χ1v) is 9.32. The molecule has 3 rings (SSSR count). The normalized spacial score (nSPS) is 20.4. The van der Waals surface area contributed by atoms with Crippen molar-refractivity contribution in [3.63, 3.8) is 0 Å². The summed E-state index contributed by atoms with van der Waals surface area (Å²) in [5.41, 5.74) is 3.68. The Labute approximate surface area is 150 Å². The van der Waals surface area contributed by atoms with E-state index >= 15 is 0 Å². The van der Waals surface area contributed by atoms with E-state index in [4.69, 9.17) is 12.2 Å². The summed E-state index contributed by atoms with van der Waals surface area (Å²) in [6, 6.07) is 19.5. The summed E-state index contributed by atoms with van der Waals surface area (Å²) >= 11 is 5.57. The average molecular weight is 339 g/mol. The summed E-state index contributed by atoms with van der Waals surface area (Å²) < 4.78 is 0. The lowest BCUT2D eigenvalue weighted by atomic mass is 9.86. The van der Waals surface area contributed by atoms with E-state index in [9.17, 15) is 0 Å². The highest BCUT2D eigenvalue weighted by Gasteiger charge is 2.21. The molecule has 0 unspecified atom stereocenters. The maximum atomic E-state index is 5.57. The van der Waals surface area contributed by atoms with E-state index in [0.717, 1.165) is 17.2 Å². The van der Waals surface area contributed by atoms with Gasteiger partial charge >= 0.3 is 0 Å². The first-order valence-electron chi connectivity index (χ1n) is 8.92. The first-order chi connectivity index (χ1) is 11.7. The van der Waals surface area contributed by atoms with E-state index in [1.54, 1.807) is 0 Å². The van der Waals surface area contributed by atoms with Crippen LogP contribution in [0.2, 0.25) is 0 Å². The number of thiocarbonyl (C=S) groups is 1. The molecule has 1 saturated carbocycles. The quantitative estimate of drug-likeness (QED) is 0.755. The maximum Gasteiger partial charge on any atom is 0.171 e. The number of anilines is 1. The summed E-state index contributed by atoms with van der Waals surface area (Å²) in [5.74, 6) is 0.693. The summed E-state index contributed by atoms with van der Waals surface area (Å²) in [6.45, 7) is 2.32. The van der Waals surface area contributed by atoms with Gasteiger partial charge in [-0.2, -0.15) is 0 Å². The summed E-state index contributed by atoms with van der Waals surface area (Å²) in [7, 11) is 0. The van der Waals surface area contributed by atoms with Crippen molar-refractivity contribution in [1.82, 2.24) is 5.32 Å². The van der Waals surface area contributed by atoms with Gasteiger partial charge in [0.2, 0.25) is 0 Å². The molecule has 24 heavy (non-hydrogen) atoms. The van der Waals surface area contributed by atoms with Gasteiger partial charge in [0.1, 0.15) is 0 Å². The second-order valence-electron chi connectivity index (χ2n) is 6.79. The van der Waals surface area contributed by atoms with E-state index < -0.39 is 0 Å². The lowest BCUT2D eigenvalue weighted by molar-refractivity contribution is 0.309. The Morgan fingerprint density at radius 2 is 1.71 bits per heavy atom. The van der Waals surface area contributed by atoms with Crippen LogP contribution in [0.3, 0.4) is 0 Å². The Bertz CT molecular complexity index is 669. The third-order valence-electron chi connectivity index (χ3n) is 4.93. The highest BCUT2D eigenvalue weighted by Crippen LogP contribution is 2.24. The van der Waals surface area contributed by atoms with Gasteiger partial charge in [0.25, 0.3) is 0 Å². The Morgan fingerprint density at radius 1 is 1.00 bits per heavy atom. The second-order valence-corrected chi connectivity index (χ2v) is 7.19. The van der Waals surface area contributed by atoms with Crippen LogP contribution in [0, 0.1) is 5.92 Å². The lowest BCUT2D eigenvalue weighted by Gasteiger charge is -2.30. The first kappa shape index (κ1) is 17.0. The predicted molar refractivity (Wildman–Crippen MR) is 106 cm³/mol. The molecular weight excluding hydrogens is 312 g/mol. The van der Waals surface area contributed by atoms with E-state index in [1.165, 1.54) is 36.8 Å². The van der Waals surface area contributed by atoms with Gasteiger partial charge in [0, 0.05) is 11.7 Å². The molecule has 2 nitrogen and oxygen atoms in total. The van der Waals surface area contributed by atoms with Gasteiger partial charge in [0.05, 0.1) is 0 Å².